The number of benzene rings is 3. The number of piperazine rings is 2. The molecular formula is C38H48N6O2. The minimum absolute atomic E-state index is 0.615. The zero-order chi connectivity index (χ0) is 31.6. The molecule has 5 aromatic rings. The molecule has 0 unspecified atom stereocenters. The smallest absolute Gasteiger partial charge is 0.227 e. The summed E-state index contributed by atoms with van der Waals surface area (Å²) in [6.45, 7) is 20.4. The summed E-state index contributed by atoms with van der Waals surface area (Å²) in [5, 5.41) is 0. The molecule has 46 heavy (non-hydrogen) atoms. The van der Waals surface area contributed by atoms with Crippen LogP contribution in [0.5, 0.6) is 0 Å². The van der Waals surface area contributed by atoms with Crippen LogP contribution in [0.15, 0.2) is 69.5 Å². The Hall–Kier alpha value is -3.88. The number of rotatable bonds is 10. The first-order valence-corrected chi connectivity index (χ1v) is 17.2. The summed E-state index contributed by atoms with van der Waals surface area (Å²) in [5.74, 6) is 2.75. The van der Waals surface area contributed by atoms with Crippen LogP contribution in [0, 0.1) is 11.8 Å². The highest BCUT2D eigenvalue weighted by atomic mass is 16.4. The molecule has 0 amide bonds. The molecule has 2 saturated heterocycles. The highest BCUT2D eigenvalue weighted by molar-refractivity contribution is 5.91. The number of aromatic nitrogens is 2. The van der Waals surface area contributed by atoms with Gasteiger partial charge < -0.3 is 18.6 Å². The van der Waals surface area contributed by atoms with Gasteiger partial charge in [-0.3, -0.25) is 9.80 Å². The summed E-state index contributed by atoms with van der Waals surface area (Å²) in [6.07, 6.45) is 2.54. The van der Waals surface area contributed by atoms with Gasteiger partial charge in [0, 0.05) is 80.9 Å². The van der Waals surface area contributed by atoms with E-state index in [1.165, 1.54) is 37.3 Å². The van der Waals surface area contributed by atoms with Crippen molar-refractivity contribution < 1.29 is 8.83 Å². The Morgan fingerprint density at radius 2 is 0.935 bits per heavy atom. The molecule has 2 fully saturated rings. The molecule has 0 spiro atoms. The molecule has 8 heteroatoms. The highest BCUT2D eigenvalue weighted by Crippen LogP contribution is 2.32. The van der Waals surface area contributed by atoms with Gasteiger partial charge in [-0.25, -0.2) is 9.97 Å². The second kappa shape index (κ2) is 13.5. The summed E-state index contributed by atoms with van der Waals surface area (Å²) < 4.78 is 12.4. The van der Waals surface area contributed by atoms with Crippen LogP contribution in [-0.2, 0) is 0 Å². The van der Waals surface area contributed by atoms with E-state index < -0.39 is 0 Å². The predicted octanol–water partition coefficient (Wildman–Crippen LogP) is 7.64. The molecule has 0 atom stereocenters. The Bertz CT molecular complexity index is 1550. The topological polar surface area (TPSA) is 65.0 Å². The Balaban J connectivity index is 0.988. The van der Waals surface area contributed by atoms with Crippen molar-refractivity contribution in [2.24, 2.45) is 11.8 Å². The monoisotopic (exact) mass is 620 g/mol. The first kappa shape index (κ1) is 30.8. The van der Waals surface area contributed by atoms with E-state index in [9.17, 15) is 0 Å². The summed E-state index contributed by atoms with van der Waals surface area (Å²) in [7, 11) is 0. The zero-order valence-corrected chi connectivity index (χ0v) is 27.9. The SMILES string of the molecule is CC(C)CCN1CCN(c2ccc(-c3nc4cc5nc(-c6ccc(N7CCN(CCC(C)C)CC7)cc6)oc5cc4o3)cc2)CC1. The fourth-order valence-electron chi connectivity index (χ4n) is 6.57. The lowest BCUT2D eigenvalue weighted by Gasteiger charge is -2.36. The zero-order valence-electron chi connectivity index (χ0n) is 27.9. The van der Waals surface area contributed by atoms with Crippen molar-refractivity contribution in [3.63, 3.8) is 0 Å². The van der Waals surface area contributed by atoms with E-state index in [1.807, 2.05) is 12.1 Å². The summed E-state index contributed by atoms with van der Waals surface area (Å²) >= 11 is 0. The number of nitrogens with zero attached hydrogens (tertiary/aromatic N) is 6. The molecule has 2 aliphatic rings. The van der Waals surface area contributed by atoms with Crippen molar-refractivity contribution in [1.82, 2.24) is 19.8 Å². The van der Waals surface area contributed by atoms with Crippen LogP contribution in [0.4, 0.5) is 11.4 Å². The molecule has 0 aliphatic carbocycles. The largest absolute Gasteiger partial charge is 0.436 e. The maximum atomic E-state index is 6.21. The molecule has 8 nitrogen and oxygen atoms in total. The van der Waals surface area contributed by atoms with Crippen molar-refractivity contribution in [2.75, 3.05) is 75.2 Å². The van der Waals surface area contributed by atoms with Crippen LogP contribution in [0.1, 0.15) is 40.5 Å². The molecular weight excluding hydrogens is 572 g/mol. The summed E-state index contributed by atoms with van der Waals surface area (Å²) in [4.78, 5) is 19.8. The third-order valence-electron chi connectivity index (χ3n) is 9.65. The molecule has 2 aromatic heterocycles. The second-order valence-electron chi connectivity index (χ2n) is 13.9. The summed E-state index contributed by atoms with van der Waals surface area (Å²) in [5.41, 5.74) is 7.43. The van der Waals surface area contributed by atoms with Gasteiger partial charge in [0.15, 0.2) is 11.2 Å². The van der Waals surface area contributed by atoms with Crippen molar-refractivity contribution in [1.29, 1.82) is 0 Å². The lowest BCUT2D eigenvalue weighted by atomic mass is 10.1. The van der Waals surface area contributed by atoms with Crippen LogP contribution in [-0.4, -0.2) is 85.2 Å². The fraction of sp³-hybridized carbons (Fsp3) is 0.474. The Labute approximate surface area is 273 Å². The van der Waals surface area contributed by atoms with E-state index in [1.54, 1.807) is 0 Å². The average molecular weight is 621 g/mol. The quantitative estimate of drug-likeness (QED) is 0.158. The average Bonchev–Trinajstić information content (AvgIpc) is 3.69. The molecule has 242 valence electrons. The van der Waals surface area contributed by atoms with Crippen LogP contribution in [0.25, 0.3) is 45.1 Å². The van der Waals surface area contributed by atoms with Crippen LogP contribution in [0.3, 0.4) is 0 Å². The molecule has 4 heterocycles. The van der Waals surface area contributed by atoms with Crippen molar-refractivity contribution in [3.05, 3.63) is 60.7 Å². The number of hydrogen-bond donors (Lipinski definition) is 0. The van der Waals surface area contributed by atoms with Crippen molar-refractivity contribution in [3.8, 4) is 22.9 Å². The van der Waals surface area contributed by atoms with E-state index in [-0.39, 0.29) is 0 Å². The van der Waals surface area contributed by atoms with Crippen LogP contribution >= 0.6 is 0 Å². The predicted molar refractivity (Wildman–Crippen MR) is 189 cm³/mol. The Morgan fingerprint density at radius 1 is 0.543 bits per heavy atom. The van der Waals surface area contributed by atoms with Gasteiger partial charge in [-0.05, 0) is 92.4 Å². The Kier molecular flexibility index (Phi) is 9.00. The summed E-state index contributed by atoms with van der Waals surface area (Å²) in [6, 6.07) is 21.1. The first-order valence-electron chi connectivity index (χ1n) is 17.2. The lowest BCUT2D eigenvalue weighted by Crippen LogP contribution is -2.46. The van der Waals surface area contributed by atoms with Gasteiger partial charge in [0.05, 0.1) is 0 Å². The van der Waals surface area contributed by atoms with Crippen LogP contribution < -0.4 is 9.80 Å². The maximum absolute atomic E-state index is 6.21. The maximum Gasteiger partial charge on any atom is 0.227 e. The van der Waals surface area contributed by atoms with Gasteiger partial charge in [-0.2, -0.15) is 0 Å². The minimum Gasteiger partial charge on any atom is -0.436 e. The Morgan fingerprint density at radius 3 is 1.30 bits per heavy atom. The highest BCUT2D eigenvalue weighted by Gasteiger charge is 2.20. The number of hydrogen-bond acceptors (Lipinski definition) is 8. The van der Waals surface area contributed by atoms with Gasteiger partial charge >= 0.3 is 0 Å². The fourth-order valence-corrected chi connectivity index (χ4v) is 6.57. The van der Waals surface area contributed by atoms with Gasteiger partial charge in [-0.1, -0.05) is 27.7 Å². The third kappa shape index (κ3) is 6.93. The third-order valence-corrected chi connectivity index (χ3v) is 9.65. The number of anilines is 2. The second-order valence-corrected chi connectivity index (χ2v) is 13.9. The molecule has 0 radical (unpaired) electrons. The molecule has 0 N–H and O–H groups in total. The minimum atomic E-state index is 0.615. The van der Waals surface area contributed by atoms with Gasteiger partial charge in [-0.15, -0.1) is 0 Å². The number of oxazole rings is 2. The van der Waals surface area contributed by atoms with Gasteiger partial charge in [0.25, 0.3) is 0 Å². The number of fused-ring (bicyclic) bond motifs is 2. The van der Waals surface area contributed by atoms with E-state index >= 15 is 0 Å². The van der Waals surface area contributed by atoms with Gasteiger partial charge in [0.2, 0.25) is 11.8 Å². The standard InChI is InChI=1S/C38H48N6O2/c1-27(2)13-15-41-17-21-43(22-18-41)31-9-5-29(6-10-31)37-39-33-25-34-36(26-35(33)45-37)46-38(40-34)30-7-11-32(12-8-30)44-23-19-42(20-24-44)16-14-28(3)4/h5-12,25-28H,13-24H2,1-4H3. The van der Waals surface area contributed by atoms with E-state index in [4.69, 9.17) is 18.8 Å². The molecule has 7 rings (SSSR count). The van der Waals surface area contributed by atoms with E-state index in [0.717, 1.165) is 86.4 Å². The first-order chi connectivity index (χ1) is 22.4. The van der Waals surface area contributed by atoms with Crippen LogP contribution in [0.2, 0.25) is 0 Å². The van der Waals surface area contributed by atoms with Gasteiger partial charge in [0.1, 0.15) is 11.0 Å². The normalized spacial score (nSPS) is 16.9. The molecule has 2 aliphatic heterocycles. The van der Waals surface area contributed by atoms with Crippen molar-refractivity contribution >= 4 is 33.6 Å². The lowest BCUT2D eigenvalue weighted by molar-refractivity contribution is 0.243. The molecule has 3 aromatic carbocycles. The molecule has 0 saturated carbocycles. The molecule has 0 bridgehead atoms. The van der Waals surface area contributed by atoms with E-state index in [0.29, 0.717) is 22.9 Å². The van der Waals surface area contributed by atoms with Crippen molar-refractivity contribution in [2.45, 2.75) is 40.5 Å². The van der Waals surface area contributed by atoms with E-state index in [2.05, 4.69) is 95.8 Å².